The molecule has 5 rings (SSSR count). The molecule has 0 aliphatic carbocycles. The monoisotopic (exact) mass is 472 g/mol. The number of aliphatic hydroxyl groups excluding tert-OH is 1. The quantitative estimate of drug-likeness (QED) is 0.340. The number of fused-ring (bicyclic) bond motifs is 1. The number of pyridine rings is 1. The second kappa shape index (κ2) is 8.47. The number of nitrogens with zero attached hydrogens (tertiary/aromatic N) is 2. The van der Waals surface area contributed by atoms with Gasteiger partial charge in [-0.05, 0) is 59.5 Å². The number of carbonyl (C=O) groups excluding carboxylic acids is 2. The molecule has 1 amide bonds. The van der Waals surface area contributed by atoms with E-state index in [1.54, 1.807) is 48.8 Å². The van der Waals surface area contributed by atoms with Crippen molar-refractivity contribution in [2.75, 3.05) is 4.90 Å². The van der Waals surface area contributed by atoms with Crippen LogP contribution in [0.3, 0.4) is 0 Å². The zero-order chi connectivity index (χ0) is 24.0. The van der Waals surface area contributed by atoms with E-state index in [1.807, 2.05) is 24.3 Å². The lowest BCUT2D eigenvalue weighted by molar-refractivity contribution is -0.117. The Morgan fingerprint density at radius 2 is 1.88 bits per heavy atom. The van der Waals surface area contributed by atoms with Crippen molar-refractivity contribution < 1.29 is 19.1 Å². The van der Waals surface area contributed by atoms with Gasteiger partial charge in [-0.1, -0.05) is 43.6 Å². The molecule has 1 atom stereocenters. The second-order valence-electron chi connectivity index (χ2n) is 8.49. The van der Waals surface area contributed by atoms with Crippen LogP contribution >= 0.6 is 11.6 Å². The van der Waals surface area contributed by atoms with Gasteiger partial charge in [0.25, 0.3) is 5.91 Å². The first-order valence-corrected chi connectivity index (χ1v) is 11.2. The van der Waals surface area contributed by atoms with E-state index < -0.39 is 23.5 Å². The molecule has 3 heterocycles. The molecule has 4 aromatic rings. The largest absolute Gasteiger partial charge is 0.503 e. The van der Waals surface area contributed by atoms with Gasteiger partial charge in [0.1, 0.15) is 5.58 Å². The van der Waals surface area contributed by atoms with Crippen LogP contribution in [0, 0.1) is 0 Å². The predicted octanol–water partition coefficient (Wildman–Crippen LogP) is 6.39. The van der Waals surface area contributed by atoms with Gasteiger partial charge in [-0.2, -0.15) is 0 Å². The van der Waals surface area contributed by atoms with Crippen LogP contribution in [0.2, 0.25) is 5.02 Å². The zero-order valence-corrected chi connectivity index (χ0v) is 19.3. The van der Waals surface area contributed by atoms with Crippen molar-refractivity contribution in [2.45, 2.75) is 25.8 Å². The highest BCUT2D eigenvalue weighted by Crippen LogP contribution is 2.42. The van der Waals surface area contributed by atoms with Crippen LogP contribution < -0.4 is 4.90 Å². The number of anilines is 1. The summed E-state index contributed by atoms with van der Waals surface area (Å²) in [6.45, 7) is 4.16. The van der Waals surface area contributed by atoms with Crippen molar-refractivity contribution in [2.24, 2.45) is 0 Å². The molecule has 0 radical (unpaired) electrons. The Morgan fingerprint density at radius 1 is 1.12 bits per heavy atom. The minimum absolute atomic E-state index is 0.0116. The normalized spacial score (nSPS) is 16.2. The van der Waals surface area contributed by atoms with Gasteiger partial charge in [0, 0.05) is 28.5 Å². The van der Waals surface area contributed by atoms with Gasteiger partial charge >= 0.3 is 0 Å². The number of hydrogen-bond acceptors (Lipinski definition) is 5. The zero-order valence-electron chi connectivity index (χ0n) is 18.5. The molecule has 0 spiro atoms. The summed E-state index contributed by atoms with van der Waals surface area (Å²) in [4.78, 5) is 32.5. The molecule has 0 saturated heterocycles. The van der Waals surface area contributed by atoms with Gasteiger partial charge in [-0.25, -0.2) is 0 Å². The average molecular weight is 473 g/mol. The number of amides is 1. The molecule has 1 N–H and O–H groups in total. The fourth-order valence-electron chi connectivity index (χ4n) is 4.24. The number of furan rings is 1. The third kappa shape index (κ3) is 3.66. The maximum Gasteiger partial charge on any atom is 0.294 e. The van der Waals surface area contributed by atoms with E-state index in [0.29, 0.717) is 33.2 Å². The number of rotatable bonds is 5. The number of aromatic nitrogens is 1. The van der Waals surface area contributed by atoms with E-state index in [2.05, 4.69) is 18.8 Å². The van der Waals surface area contributed by atoms with Crippen LogP contribution in [0.4, 0.5) is 5.69 Å². The van der Waals surface area contributed by atoms with Gasteiger partial charge in [0.05, 0.1) is 11.6 Å². The molecule has 2 aromatic heterocycles. The fraction of sp³-hybridized carbons (Fsp3) is 0.148. The molecule has 2 aromatic carbocycles. The highest BCUT2D eigenvalue weighted by atomic mass is 35.5. The maximum absolute atomic E-state index is 13.6. The smallest absolute Gasteiger partial charge is 0.294 e. The number of carbonyl (C=O) groups is 2. The molecule has 0 fully saturated rings. The molecular formula is C27H21ClN2O4. The van der Waals surface area contributed by atoms with E-state index in [0.717, 1.165) is 5.56 Å². The minimum Gasteiger partial charge on any atom is -0.503 e. The van der Waals surface area contributed by atoms with E-state index in [1.165, 1.54) is 4.90 Å². The van der Waals surface area contributed by atoms with E-state index in [9.17, 15) is 14.7 Å². The standard InChI is InChI=1S/C27H21ClN2O4/c1-15(2)16-5-8-20(9-6-16)30-24(17-4-3-11-29-14-17)23(26(32)27(30)33)25(31)22-13-18-12-19(28)7-10-21(18)34-22/h3-15,24,32H,1-2H3. The van der Waals surface area contributed by atoms with Crippen LogP contribution in [0.1, 0.15) is 47.5 Å². The Morgan fingerprint density at radius 3 is 2.56 bits per heavy atom. The topological polar surface area (TPSA) is 83.6 Å². The molecule has 170 valence electrons. The van der Waals surface area contributed by atoms with Gasteiger partial charge in [-0.15, -0.1) is 0 Å². The van der Waals surface area contributed by atoms with Crippen LogP contribution in [-0.4, -0.2) is 21.8 Å². The maximum atomic E-state index is 13.6. The molecule has 1 aliphatic heterocycles. The summed E-state index contributed by atoms with van der Waals surface area (Å²) >= 11 is 6.06. The number of ketones is 1. The van der Waals surface area contributed by atoms with Crippen molar-refractivity contribution in [1.82, 2.24) is 4.98 Å². The first-order valence-electron chi connectivity index (χ1n) is 10.9. The Bertz CT molecular complexity index is 1440. The lowest BCUT2D eigenvalue weighted by Crippen LogP contribution is -2.31. The van der Waals surface area contributed by atoms with Crippen molar-refractivity contribution in [3.05, 3.63) is 106 Å². The van der Waals surface area contributed by atoms with Crippen molar-refractivity contribution >= 4 is 39.9 Å². The van der Waals surface area contributed by atoms with Crippen LogP contribution in [0.5, 0.6) is 0 Å². The van der Waals surface area contributed by atoms with Crippen LogP contribution in [0.25, 0.3) is 11.0 Å². The lowest BCUT2D eigenvalue weighted by Gasteiger charge is -2.26. The fourth-order valence-corrected chi connectivity index (χ4v) is 4.42. The Hall–Kier alpha value is -3.90. The summed E-state index contributed by atoms with van der Waals surface area (Å²) in [5, 5.41) is 12.1. The summed E-state index contributed by atoms with van der Waals surface area (Å²) < 4.78 is 5.75. The summed E-state index contributed by atoms with van der Waals surface area (Å²) in [6.07, 6.45) is 3.19. The molecule has 6 nitrogen and oxygen atoms in total. The van der Waals surface area contributed by atoms with Gasteiger partial charge in [0.15, 0.2) is 11.5 Å². The average Bonchev–Trinajstić information content (AvgIpc) is 3.38. The molecule has 7 heteroatoms. The highest BCUT2D eigenvalue weighted by molar-refractivity contribution is 6.31. The number of benzene rings is 2. The number of aliphatic hydroxyl groups is 1. The third-order valence-corrected chi connectivity index (χ3v) is 6.23. The van der Waals surface area contributed by atoms with Crippen LogP contribution in [-0.2, 0) is 4.79 Å². The highest BCUT2D eigenvalue weighted by Gasteiger charge is 2.45. The predicted molar refractivity (Wildman–Crippen MR) is 130 cm³/mol. The van der Waals surface area contributed by atoms with Crippen molar-refractivity contribution in [3.8, 4) is 0 Å². The van der Waals surface area contributed by atoms with E-state index in [4.69, 9.17) is 16.0 Å². The SMILES string of the molecule is CC(C)c1ccc(N2C(=O)C(O)=C(C(=O)c3cc4cc(Cl)ccc4o3)C2c2cccnc2)cc1. The molecular weight excluding hydrogens is 452 g/mol. The summed E-state index contributed by atoms with van der Waals surface area (Å²) in [6, 6.07) is 16.7. The molecule has 1 aliphatic rings. The lowest BCUT2D eigenvalue weighted by atomic mass is 9.95. The first kappa shape index (κ1) is 21.9. The van der Waals surface area contributed by atoms with Crippen molar-refractivity contribution in [3.63, 3.8) is 0 Å². The Kier molecular flexibility index (Phi) is 5.46. The van der Waals surface area contributed by atoms with Crippen LogP contribution in [0.15, 0.2) is 88.8 Å². The van der Waals surface area contributed by atoms with Crippen molar-refractivity contribution in [1.29, 1.82) is 0 Å². The molecule has 1 unspecified atom stereocenters. The molecule has 34 heavy (non-hydrogen) atoms. The minimum atomic E-state index is -0.865. The van der Waals surface area contributed by atoms with E-state index >= 15 is 0 Å². The number of hydrogen-bond donors (Lipinski definition) is 1. The summed E-state index contributed by atoms with van der Waals surface area (Å²) in [5.41, 5.74) is 2.69. The number of halogens is 1. The van der Waals surface area contributed by atoms with E-state index in [-0.39, 0.29) is 11.3 Å². The second-order valence-corrected chi connectivity index (χ2v) is 8.93. The summed E-state index contributed by atoms with van der Waals surface area (Å²) in [7, 11) is 0. The molecule has 0 bridgehead atoms. The number of Topliss-reactive ketones (excluding diaryl/α,β-unsaturated/α-hetero) is 1. The third-order valence-electron chi connectivity index (χ3n) is 5.99. The Labute approximate surface area is 201 Å². The first-order chi connectivity index (χ1) is 16.3. The summed E-state index contributed by atoms with van der Waals surface area (Å²) in [5.74, 6) is -1.51. The van der Waals surface area contributed by atoms with Gasteiger partial charge < -0.3 is 9.52 Å². The van der Waals surface area contributed by atoms with Gasteiger partial charge in [0.2, 0.25) is 5.78 Å². The molecule has 0 saturated carbocycles. The Balaban J connectivity index is 1.62. The van der Waals surface area contributed by atoms with Gasteiger partial charge in [-0.3, -0.25) is 19.5 Å².